The van der Waals surface area contributed by atoms with Crippen molar-refractivity contribution in [2.45, 2.75) is 44.3 Å². The van der Waals surface area contributed by atoms with E-state index in [1.165, 1.54) is 47.9 Å². The van der Waals surface area contributed by atoms with E-state index in [1.54, 1.807) is 0 Å². The second kappa shape index (κ2) is 6.78. The molecule has 1 fully saturated rings. The number of hydrogen-bond acceptors (Lipinski definition) is 1. The van der Waals surface area contributed by atoms with Gasteiger partial charge < -0.3 is 0 Å². The van der Waals surface area contributed by atoms with Gasteiger partial charge in [0, 0.05) is 18.6 Å². The lowest BCUT2D eigenvalue weighted by molar-refractivity contribution is 0.0951. The number of fused-ring (bicyclic) bond motifs is 2. The lowest BCUT2D eigenvalue weighted by Gasteiger charge is -2.45. The highest BCUT2D eigenvalue weighted by atomic mass is 15.2. The standard InChI is InChI=1S/C23H25N/c1-2-18-11-13-20(14-12-18)21-15-22-9-6-10-23(16-21)24(22)17-19-7-4-3-5-8-19/h2-5,7-8,11-15,22-23H,1,6,9-10,16-17H2. The lowest BCUT2D eigenvalue weighted by atomic mass is 9.82. The number of benzene rings is 2. The summed E-state index contributed by atoms with van der Waals surface area (Å²) in [4.78, 5) is 2.72. The van der Waals surface area contributed by atoms with Gasteiger partial charge >= 0.3 is 0 Å². The van der Waals surface area contributed by atoms with E-state index < -0.39 is 0 Å². The Bertz CT molecular complexity index is 726. The van der Waals surface area contributed by atoms with E-state index in [1.807, 2.05) is 6.08 Å². The topological polar surface area (TPSA) is 3.24 Å². The van der Waals surface area contributed by atoms with Crippen LogP contribution in [0, 0.1) is 0 Å². The summed E-state index contributed by atoms with van der Waals surface area (Å²) in [7, 11) is 0. The van der Waals surface area contributed by atoms with E-state index in [0.29, 0.717) is 12.1 Å². The number of piperidine rings is 1. The molecule has 2 aliphatic heterocycles. The molecule has 0 radical (unpaired) electrons. The summed E-state index contributed by atoms with van der Waals surface area (Å²) >= 11 is 0. The van der Waals surface area contributed by atoms with Crippen LogP contribution in [-0.2, 0) is 6.54 Å². The maximum absolute atomic E-state index is 3.85. The molecule has 1 saturated heterocycles. The van der Waals surface area contributed by atoms with Crippen LogP contribution in [0.15, 0.2) is 67.3 Å². The van der Waals surface area contributed by atoms with Gasteiger partial charge in [-0.05, 0) is 41.5 Å². The van der Waals surface area contributed by atoms with E-state index in [0.717, 1.165) is 6.54 Å². The summed E-state index contributed by atoms with van der Waals surface area (Å²) in [5.74, 6) is 0. The Morgan fingerprint density at radius 3 is 2.50 bits per heavy atom. The molecule has 0 saturated carbocycles. The first kappa shape index (κ1) is 15.4. The third-order valence-corrected chi connectivity index (χ3v) is 5.51. The SMILES string of the molecule is C=Cc1ccc(C2=CC3CCCC(C2)N3Cc2ccccc2)cc1. The van der Waals surface area contributed by atoms with Crippen molar-refractivity contribution < 1.29 is 0 Å². The second-order valence-electron chi connectivity index (χ2n) is 7.03. The molecule has 24 heavy (non-hydrogen) atoms. The molecule has 2 bridgehead atoms. The van der Waals surface area contributed by atoms with Crippen LogP contribution < -0.4 is 0 Å². The Morgan fingerprint density at radius 1 is 1.00 bits per heavy atom. The Balaban J connectivity index is 1.58. The molecule has 2 unspecified atom stereocenters. The number of rotatable bonds is 4. The van der Waals surface area contributed by atoms with Crippen molar-refractivity contribution in [1.82, 2.24) is 4.90 Å². The van der Waals surface area contributed by atoms with Gasteiger partial charge in [-0.25, -0.2) is 0 Å². The van der Waals surface area contributed by atoms with Crippen molar-refractivity contribution in [3.8, 4) is 0 Å². The molecule has 1 heteroatoms. The molecule has 122 valence electrons. The van der Waals surface area contributed by atoms with Gasteiger partial charge in [-0.2, -0.15) is 0 Å². The van der Waals surface area contributed by atoms with Crippen molar-refractivity contribution in [1.29, 1.82) is 0 Å². The minimum atomic E-state index is 0.590. The van der Waals surface area contributed by atoms with E-state index in [2.05, 4.69) is 72.2 Å². The molecular weight excluding hydrogens is 290 g/mol. The van der Waals surface area contributed by atoms with Gasteiger partial charge in [-0.15, -0.1) is 0 Å². The minimum absolute atomic E-state index is 0.590. The quantitative estimate of drug-likeness (QED) is 0.716. The van der Waals surface area contributed by atoms with Crippen LogP contribution in [0.5, 0.6) is 0 Å². The summed E-state index contributed by atoms with van der Waals surface area (Å²) in [6, 6.07) is 21.0. The average Bonchev–Trinajstić information content (AvgIpc) is 2.62. The van der Waals surface area contributed by atoms with Gasteiger partial charge in [0.15, 0.2) is 0 Å². The Labute approximate surface area is 145 Å². The van der Waals surface area contributed by atoms with Crippen LogP contribution in [0.25, 0.3) is 11.6 Å². The van der Waals surface area contributed by atoms with E-state index in [-0.39, 0.29) is 0 Å². The predicted molar refractivity (Wildman–Crippen MR) is 103 cm³/mol. The van der Waals surface area contributed by atoms with Crippen LogP contribution in [0.4, 0.5) is 0 Å². The van der Waals surface area contributed by atoms with Crippen molar-refractivity contribution in [3.05, 3.63) is 83.9 Å². The van der Waals surface area contributed by atoms with Crippen LogP contribution in [0.1, 0.15) is 42.4 Å². The van der Waals surface area contributed by atoms with Gasteiger partial charge in [-0.3, -0.25) is 4.90 Å². The third-order valence-electron chi connectivity index (χ3n) is 5.51. The van der Waals surface area contributed by atoms with Crippen molar-refractivity contribution in [2.24, 2.45) is 0 Å². The second-order valence-corrected chi connectivity index (χ2v) is 7.03. The fourth-order valence-corrected chi connectivity index (χ4v) is 4.21. The van der Waals surface area contributed by atoms with Crippen molar-refractivity contribution in [2.75, 3.05) is 0 Å². The monoisotopic (exact) mass is 315 g/mol. The van der Waals surface area contributed by atoms with Crippen molar-refractivity contribution in [3.63, 3.8) is 0 Å². The largest absolute Gasteiger partial charge is 0.289 e. The van der Waals surface area contributed by atoms with Crippen LogP contribution in [-0.4, -0.2) is 17.0 Å². The number of hydrogen-bond donors (Lipinski definition) is 0. The van der Waals surface area contributed by atoms with Crippen molar-refractivity contribution >= 4 is 11.6 Å². The molecule has 0 N–H and O–H groups in total. The van der Waals surface area contributed by atoms with E-state index >= 15 is 0 Å². The first-order valence-electron chi connectivity index (χ1n) is 9.07. The highest BCUT2D eigenvalue weighted by Gasteiger charge is 2.33. The predicted octanol–water partition coefficient (Wildman–Crippen LogP) is 5.54. The highest BCUT2D eigenvalue weighted by Crippen LogP contribution is 2.38. The van der Waals surface area contributed by atoms with Gasteiger partial charge in [0.05, 0.1) is 0 Å². The molecule has 0 amide bonds. The molecule has 0 spiro atoms. The summed E-state index contributed by atoms with van der Waals surface area (Å²) in [5.41, 5.74) is 5.55. The maximum atomic E-state index is 3.85. The highest BCUT2D eigenvalue weighted by molar-refractivity contribution is 5.69. The Hall–Kier alpha value is -2.12. The first-order chi connectivity index (χ1) is 11.8. The summed E-state index contributed by atoms with van der Waals surface area (Å²) in [5, 5.41) is 0. The molecule has 0 aliphatic carbocycles. The van der Waals surface area contributed by atoms with Gasteiger partial charge in [-0.1, -0.05) is 79.7 Å². The zero-order valence-corrected chi connectivity index (χ0v) is 14.2. The van der Waals surface area contributed by atoms with Crippen LogP contribution in [0.2, 0.25) is 0 Å². The summed E-state index contributed by atoms with van der Waals surface area (Å²) in [6.45, 7) is 4.93. The maximum Gasteiger partial charge on any atom is 0.0290 e. The zero-order valence-electron chi connectivity index (χ0n) is 14.2. The molecule has 2 aromatic rings. The molecule has 2 aliphatic rings. The molecule has 4 rings (SSSR count). The minimum Gasteiger partial charge on any atom is -0.289 e. The molecule has 2 atom stereocenters. The lowest BCUT2D eigenvalue weighted by Crippen LogP contribution is -2.47. The van der Waals surface area contributed by atoms with E-state index in [9.17, 15) is 0 Å². The Morgan fingerprint density at radius 2 is 1.79 bits per heavy atom. The van der Waals surface area contributed by atoms with Gasteiger partial charge in [0.2, 0.25) is 0 Å². The molecule has 2 aromatic carbocycles. The average molecular weight is 315 g/mol. The van der Waals surface area contributed by atoms with Gasteiger partial charge in [0.1, 0.15) is 0 Å². The first-order valence-corrected chi connectivity index (χ1v) is 9.07. The fourth-order valence-electron chi connectivity index (χ4n) is 4.21. The van der Waals surface area contributed by atoms with Crippen LogP contribution >= 0.6 is 0 Å². The molecule has 2 heterocycles. The third kappa shape index (κ3) is 3.09. The fraction of sp³-hybridized carbons (Fsp3) is 0.304. The molecule has 0 aromatic heterocycles. The smallest absolute Gasteiger partial charge is 0.0290 e. The molecular formula is C23H25N. The van der Waals surface area contributed by atoms with Gasteiger partial charge in [0.25, 0.3) is 0 Å². The summed E-state index contributed by atoms with van der Waals surface area (Å²) < 4.78 is 0. The van der Waals surface area contributed by atoms with E-state index in [4.69, 9.17) is 0 Å². The molecule has 1 nitrogen and oxygen atoms in total. The van der Waals surface area contributed by atoms with Crippen LogP contribution in [0.3, 0.4) is 0 Å². The zero-order chi connectivity index (χ0) is 16.4. The number of nitrogens with zero attached hydrogens (tertiary/aromatic N) is 1. The summed E-state index contributed by atoms with van der Waals surface area (Å²) in [6.07, 6.45) is 9.59. The Kier molecular flexibility index (Phi) is 4.36. The normalized spacial score (nSPS) is 23.6.